The molecule has 1 aromatic heterocycles. The number of carbonyl (C=O) groups excluding carboxylic acids is 2. The third-order valence-electron chi connectivity index (χ3n) is 8.12. The Hall–Kier alpha value is -3.37. The molecular weight excluding hydrogens is 492 g/mol. The molecule has 1 aromatic carbocycles. The zero-order chi connectivity index (χ0) is 26.4. The average Bonchev–Trinajstić information content (AvgIpc) is 3.38. The summed E-state index contributed by atoms with van der Waals surface area (Å²) in [6.07, 6.45) is 5.80. The highest BCUT2D eigenvalue weighted by Gasteiger charge is 2.38. The summed E-state index contributed by atoms with van der Waals surface area (Å²) in [5.74, 6) is -1.83. The smallest absolute Gasteiger partial charge is 0.255 e. The van der Waals surface area contributed by atoms with E-state index >= 15 is 0 Å². The zero-order valence-electron chi connectivity index (χ0n) is 21.4. The van der Waals surface area contributed by atoms with Gasteiger partial charge in [-0.2, -0.15) is 5.10 Å². The van der Waals surface area contributed by atoms with E-state index in [1.807, 2.05) is 27.5 Å². The van der Waals surface area contributed by atoms with Gasteiger partial charge in [-0.3, -0.25) is 19.2 Å². The summed E-state index contributed by atoms with van der Waals surface area (Å²) in [6, 6.07) is 4.19. The molecule has 4 heterocycles. The molecule has 2 aromatic rings. The quantitative estimate of drug-likeness (QED) is 0.667. The number of piperazine rings is 1. The molecule has 0 spiro atoms. The summed E-state index contributed by atoms with van der Waals surface area (Å²) in [6.45, 7) is 5.72. The lowest BCUT2D eigenvalue weighted by atomic mass is 9.83. The van der Waals surface area contributed by atoms with Crippen LogP contribution >= 0.6 is 0 Å². The lowest BCUT2D eigenvalue weighted by Gasteiger charge is -2.37. The fourth-order valence-corrected chi connectivity index (χ4v) is 5.96. The van der Waals surface area contributed by atoms with Gasteiger partial charge < -0.3 is 15.0 Å². The first-order chi connectivity index (χ1) is 18.4. The molecule has 38 heavy (non-hydrogen) atoms. The van der Waals surface area contributed by atoms with Gasteiger partial charge in [0, 0.05) is 62.6 Å². The average molecular weight is 524 g/mol. The number of ether oxygens (including phenoxy) is 1. The number of benzene rings is 1. The maximum atomic E-state index is 14.1. The summed E-state index contributed by atoms with van der Waals surface area (Å²) >= 11 is 0. The Morgan fingerprint density at radius 2 is 1.92 bits per heavy atom. The van der Waals surface area contributed by atoms with Crippen LogP contribution in [0.5, 0.6) is 0 Å². The minimum absolute atomic E-state index is 0.0411. The standard InChI is InChI=1S/C28H31F2N5O3/c1-17-13-24-21(26-22(27(36)32-24)15-31-35(26)19-5-11-38-12-6-19)14-20(17)28(37)34-9-7-33(8-10-34)16-18-3-2-4-23(29)25(18)30/h2-4,14-15,19,24H,5-13,16H2,1H3,(H,32,36). The summed E-state index contributed by atoms with van der Waals surface area (Å²) < 4.78 is 35.2. The van der Waals surface area contributed by atoms with E-state index < -0.39 is 11.6 Å². The molecule has 3 aliphatic heterocycles. The van der Waals surface area contributed by atoms with Crippen molar-refractivity contribution in [3.8, 4) is 0 Å². The van der Waals surface area contributed by atoms with Gasteiger partial charge in [-0.25, -0.2) is 8.78 Å². The van der Waals surface area contributed by atoms with Crippen molar-refractivity contribution in [1.82, 2.24) is 24.9 Å². The predicted octanol–water partition coefficient (Wildman–Crippen LogP) is 3.07. The van der Waals surface area contributed by atoms with Gasteiger partial charge in [0.25, 0.3) is 11.8 Å². The molecule has 6 rings (SSSR count). The normalized spacial score (nSPS) is 22.6. The van der Waals surface area contributed by atoms with Gasteiger partial charge in [0.15, 0.2) is 11.6 Å². The number of hydrogen-bond donors (Lipinski definition) is 1. The van der Waals surface area contributed by atoms with Crippen molar-refractivity contribution in [2.45, 2.75) is 44.8 Å². The first-order valence-electron chi connectivity index (χ1n) is 13.2. The Bertz CT molecular complexity index is 1340. The van der Waals surface area contributed by atoms with Gasteiger partial charge in [0.1, 0.15) is 0 Å². The summed E-state index contributed by atoms with van der Waals surface area (Å²) in [7, 11) is 0. The molecule has 8 nitrogen and oxygen atoms in total. The zero-order valence-corrected chi connectivity index (χ0v) is 21.4. The maximum absolute atomic E-state index is 14.1. The Labute approximate surface area is 219 Å². The molecule has 1 atom stereocenters. The molecule has 0 radical (unpaired) electrons. The van der Waals surface area contributed by atoms with Gasteiger partial charge in [0.2, 0.25) is 0 Å². The van der Waals surface area contributed by atoms with Crippen LogP contribution in [0.4, 0.5) is 8.78 Å². The van der Waals surface area contributed by atoms with Crippen molar-refractivity contribution < 1.29 is 23.1 Å². The minimum atomic E-state index is -0.845. The Kier molecular flexibility index (Phi) is 6.61. The lowest BCUT2D eigenvalue weighted by Crippen LogP contribution is -2.49. The minimum Gasteiger partial charge on any atom is -0.381 e. The second-order valence-electron chi connectivity index (χ2n) is 10.5. The largest absolute Gasteiger partial charge is 0.381 e. The van der Waals surface area contributed by atoms with Crippen LogP contribution in [0.25, 0.3) is 5.57 Å². The summed E-state index contributed by atoms with van der Waals surface area (Å²) in [4.78, 5) is 30.4. The van der Waals surface area contributed by atoms with E-state index in [1.54, 1.807) is 12.3 Å². The number of amides is 2. The van der Waals surface area contributed by atoms with Crippen molar-refractivity contribution in [2.24, 2.45) is 0 Å². The number of halogens is 2. The maximum Gasteiger partial charge on any atom is 0.255 e. The van der Waals surface area contributed by atoms with Crippen LogP contribution in [-0.4, -0.2) is 76.8 Å². The monoisotopic (exact) mass is 523 g/mol. The molecule has 2 saturated heterocycles. The topological polar surface area (TPSA) is 79.7 Å². The first kappa shape index (κ1) is 24.9. The highest BCUT2D eigenvalue weighted by atomic mass is 19.2. The van der Waals surface area contributed by atoms with Gasteiger partial charge in [-0.05, 0) is 38.3 Å². The van der Waals surface area contributed by atoms with Crippen LogP contribution in [0.2, 0.25) is 0 Å². The van der Waals surface area contributed by atoms with E-state index in [2.05, 4.69) is 10.4 Å². The van der Waals surface area contributed by atoms with Crippen LogP contribution in [0.1, 0.15) is 53.8 Å². The highest BCUT2D eigenvalue weighted by Crippen LogP contribution is 2.38. The van der Waals surface area contributed by atoms with Crippen molar-refractivity contribution in [3.63, 3.8) is 0 Å². The Morgan fingerprint density at radius 1 is 1.16 bits per heavy atom. The van der Waals surface area contributed by atoms with Gasteiger partial charge in [-0.15, -0.1) is 0 Å². The molecule has 0 bridgehead atoms. The van der Waals surface area contributed by atoms with Crippen LogP contribution in [0.15, 0.2) is 41.6 Å². The van der Waals surface area contributed by atoms with Crippen LogP contribution in [0, 0.1) is 11.6 Å². The fourth-order valence-electron chi connectivity index (χ4n) is 5.96. The van der Waals surface area contributed by atoms with E-state index in [-0.39, 0.29) is 23.9 Å². The van der Waals surface area contributed by atoms with Crippen LogP contribution in [0.3, 0.4) is 0 Å². The van der Waals surface area contributed by atoms with Crippen molar-refractivity contribution in [3.05, 3.63) is 70.1 Å². The van der Waals surface area contributed by atoms with Gasteiger partial charge in [0.05, 0.1) is 29.5 Å². The number of aromatic nitrogens is 2. The third kappa shape index (κ3) is 4.45. The van der Waals surface area contributed by atoms with Gasteiger partial charge in [-0.1, -0.05) is 17.7 Å². The van der Waals surface area contributed by atoms with Crippen LogP contribution < -0.4 is 5.32 Å². The Balaban J connectivity index is 1.20. The second-order valence-corrected chi connectivity index (χ2v) is 10.5. The van der Waals surface area contributed by atoms with E-state index in [9.17, 15) is 18.4 Å². The molecule has 1 unspecified atom stereocenters. The number of hydrogen-bond acceptors (Lipinski definition) is 5. The number of rotatable bonds is 4. The second kappa shape index (κ2) is 10.1. The summed E-state index contributed by atoms with van der Waals surface area (Å²) in [5.41, 5.74) is 4.20. The number of nitrogens with one attached hydrogen (secondary N) is 1. The summed E-state index contributed by atoms with van der Waals surface area (Å²) in [5, 5.41) is 7.68. The van der Waals surface area contributed by atoms with Crippen molar-refractivity contribution >= 4 is 17.4 Å². The van der Waals surface area contributed by atoms with E-state index in [1.165, 1.54) is 6.07 Å². The molecule has 10 heteroatoms. The van der Waals surface area contributed by atoms with E-state index in [4.69, 9.17) is 4.74 Å². The fraction of sp³-hybridized carbons (Fsp3) is 0.464. The van der Waals surface area contributed by atoms with Crippen LogP contribution in [-0.2, 0) is 16.1 Å². The van der Waals surface area contributed by atoms with Crippen molar-refractivity contribution in [2.75, 3.05) is 39.4 Å². The third-order valence-corrected chi connectivity index (χ3v) is 8.12. The number of nitrogens with zero attached hydrogens (tertiary/aromatic N) is 4. The van der Waals surface area contributed by atoms with Crippen molar-refractivity contribution in [1.29, 1.82) is 0 Å². The number of carbonyl (C=O) groups is 2. The molecule has 4 aliphatic rings. The Morgan fingerprint density at radius 3 is 2.68 bits per heavy atom. The molecule has 200 valence electrons. The highest BCUT2D eigenvalue weighted by molar-refractivity contribution is 6.06. The van der Waals surface area contributed by atoms with E-state index in [0.29, 0.717) is 69.1 Å². The lowest BCUT2D eigenvalue weighted by molar-refractivity contribution is -0.128. The SMILES string of the molecule is CC1=C(C(=O)N2CCN(Cc3cccc(F)c3F)CC2)C=C2c3c(cnn3C3CCOCC3)C(=O)NC2C1. The first-order valence-corrected chi connectivity index (χ1v) is 13.2. The molecule has 1 N–H and O–H groups in total. The molecule has 1 aliphatic carbocycles. The molecule has 0 saturated carbocycles. The molecule has 2 amide bonds. The molecule has 2 fully saturated rings. The predicted molar refractivity (Wildman–Crippen MR) is 136 cm³/mol. The van der Waals surface area contributed by atoms with Gasteiger partial charge >= 0.3 is 0 Å². The molecular formula is C28H31F2N5O3. The van der Waals surface area contributed by atoms with E-state index in [0.717, 1.165) is 35.7 Å². The number of fused-ring (bicyclic) bond motifs is 3.